The summed E-state index contributed by atoms with van der Waals surface area (Å²) in [7, 11) is -4.21. The summed E-state index contributed by atoms with van der Waals surface area (Å²) in [5.74, 6) is -2.55. The number of non-ortho nitro benzene ring substituents is 1. The van der Waals surface area contributed by atoms with Crippen LogP contribution in [0.4, 0.5) is 16.2 Å². The molecular weight excluding hydrogens is 692 g/mol. The number of aliphatic hydroxyl groups excluding tert-OH is 1. The van der Waals surface area contributed by atoms with E-state index in [4.69, 9.17) is 4.74 Å². The Balaban J connectivity index is 1.56. The van der Waals surface area contributed by atoms with Crippen molar-refractivity contribution in [3.63, 3.8) is 0 Å². The zero-order valence-electron chi connectivity index (χ0n) is 30.1. The third-order valence-electron chi connectivity index (χ3n) is 8.88. The SMILES string of the molecule is CC(C)CN(C[C@@H](O)[C@H](Cc1ccccc1)NC(=O)CC1C(=O)Oc2cc(N(C(=O)O)C(C)(C)C)ccc2C1C)S(=O)(=O)c1ccc([N+](=O)[O-])cc1. The van der Waals surface area contributed by atoms with Crippen molar-refractivity contribution in [2.75, 3.05) is 18.0 Å². The van der Waals surface area contributed by atoms with Gasteiger partial charge < -0.3 is 20.3 Å². The van der Waals surface area contributed by atoms with Gasteiger partial charge >= 0.3 is 12.1 Å². The van der Waals surface area contributed by atoms with Crippen LogP contribution in [-0.4, -0.2) is 76.6 Å². The van der Waals surface area contributed by atoms with Gasteiger partial charge in [-0.1, -0.05) is 57.2 Å². The third kappa shape index (κ3) is 9.52. The molecule has 14 nitrogen and oxygen atoms in total. The highest BCUT2D eigenvalue weighted by molar-refractivity contribution is 7.89. The monoisotopic (exact) mass is 738 g/mol. The number of carbonyl (C=O) groups excluding carboxylic acids is 2. The first-order valence-corrected chi connectivity index (χ1v) is 18.4. The second-order valence-electron chi connectivity index (χ2n) is 14.4. The number of fused-ring (bicyclic) bond motifs is 1. The number of hydrogen-bond donors (Lipinski definition) is 3. The lowest BCUT2D eigenvalue weighted by Crippen LogP contribution is -2.51. The van der Waals surface area contributed by atoms with E-state index in [9.17, 15) is 43.1 Å². The molecule has 0 aromatic heterocycles. The number of anilines is 1. The van der Waals surface area contributed by atoms with Gasteiger partial charge in [0.1, 0.15) is 5.75 Å². The van der Waals surface area contributed by atoms with E-state index < -0.39 is 69.0 Å². The van der Waals surface area contributed by atoms with Crippen LogP contribution in [0.2, 0.25) is 0 Å². The van der Waals surface area contributed by atoms with Crippen molar-refractivity contribution >= 4 is 39.4 Å². The first-order valence-electron chi connectivity index (χ1n) is 16.9. The van der Waals surface area contributed by atoms with Gasteiger partial charge in [0.25, 0.3) is 5.69 Å². The molecule has 280 valence electrons. The number of nitro groups is 1. The van der Waals surface area contributed by atoms with E-state index in [0.29, 0.717) is 11.3 Å². The molecule has 0 bridgehead atoms. The minimum Gasteiger partial charge on any atom is -0.465 e. The summed E-state index contributed by atoms with van der Waals surface area (Å²) in [6.45, 7) is 10.2. The maximum absolute atomic E-state index is 13.7. The molecule has 2 unspecified atom stereocenters. The molecule has 0 radical (unpaired) electrons. The Bertz CT molecular complexity index is 1880. The molecule has 0 spiro atoms. The maximum Gasteiger partial charge on any atom is 0.412 e. The van der Waals surface area contributed by atoms with Crippen molar-refractivity contribution in [3.05, 3.63) is 94.0 Å². The predicted octanol–water partition coefficient (Wildman–Crippen LogP) is 5.34. The molecule has 2 amide bonds. The normalized spacial score (nSPS) is 17.2. The smallest absolute Gasteiger partial charge is 0.412 e. The molecule has 0 fully saturated rings. The number of nitro benzene ring substituents is 1. The largest absolute Gasteiger partial charge is 0.465 e. The molecule has 15 heteroatoms. The van der Waals surface area contributed by atoms with Gasteiger partial charge in [-0.3, -0.25) is 24.6 Å². The van der Waals surface area contributed by atoms with Gasteiger partial charge in [-0.25, -0.2) is 13.2 Å². The van der Waals surface area contributed by atoms with E-state index in [1.165, 1.54) is 11.0 Å². The van der Waals surface area contributed by atoms with Gasteiger partial charge in [-0.2, -0.15) is 4.31 Å². The van der Waals surface area contributed by atoms with E-state index in [-0.39, 0.29) is 41.6 Å². The molecular formula is C37H46N4O10S. The molecule has 0 saturated carbocycles. The molecule has 0 saturated heterocycles. The number of esters is 1. The summed E-state index contributed by atoms with van der Waals surface area (Å²) in [5.41, 5.74) is 0.681. The quantitative estimate of drug-likeness (QED) is 0.0840. The van der Waals surface area contributed by atoms with Crippen LogP contribution in [-0.2, 0) is 26.0 Å². The van der Waals surface area contributed by atoms with E-state index in [2.05, 4.69) is 5.32 Å². The van der Waals surface area contributed by atoms with Crippen molar-refractivity contribution in [2.45, 2.75) is 82.9 Å². The lowest BCUT2D eigenvalue weighted by Gasteiger charge is -2.35. The van der Waals surface area contributed by atoms with Crippen molar-refractivity contribution in [3.8, 4) is 5.75 Å². The number of carbonyl (C=O) groups is 3. The maximum atomic E-state index is 13.7. The first-order chi connectivity index (χ1) is 24.3. The van der Waals surface area contributed by atoms with Gasteiger partial charge in [0.15, 0.2) is 0 Å². The fourth-order valence-corrected chi connectivity index (χ4v) is 7.92. The van der Waals surface area contributed by atoms with Gasteiger partial charge in [0, 0.05) is 43.2 Å². The molecule has 0 aliphatic carbocycles. The molecule has 3 aromatic carbocycles. The fraction of sp³-hybridized carbons (Fsp3) is 0.432. The zero-order valence-corrected chi connectivity index (χ0v) is 30.9. The minimum absolute atomic E-state index is 0.0227. The van der Waals surface area contributed by atoms with Crippen LogP contribution in [0.5, 0.6) is 5.75 Å². The second-order valence-corrected chi connectivity index (χ2v) is 16.4. The van der Waals surface area contributed by atoms with Gasteiger partial charge in [-0.05, 0) is 68.4 Å². The summed E-state index contributed by atoms with van der Waals surface area (Å²) in [4.78, 5) is 50.4. The van der Waals surface area contributed by atoms with Crippen LogP contribution >= 0.6 is 0 Å². The van der Waals surface area contributed by atoms with Crippen molar-refractivity contribution in [1.29, 1.82) is 0 Å². The Kier molecular flexibility index (Phi) is 12.4. The van der Waals surface area contributed by atoms with E-state index in [1.807, 2.05) is 32.0 Å². The van der Waals surface area contributed by atoms with Crippen LogP contribution < -0.4 is 15.0 Å². The number of carboxylic acid groups (broad SMARTS) is 1. The predicted molar refractivity (Wildman–Crippen MR) is 194 cm³/mol. The summed E-state index contributed by atoms with van der Waals surface area (Å²) >= 11 is 0. The number of sulfonamides is 1. The lowest BCUT2D eigenvalue weighted by molar-refractivity contribution is -0.384. The van der Waals surface area contributed by atoms with Crippen LogP contribution in [0.3, 0.4) is 0 Å². The van der Waals surface area contributed by atoms with E-state index in [0.717, 1.165) is 34.1 Å². The Labute approximate surface area is 303 Å². The molecule has 3 aromatic rings. The molecule has 1 aliphatic rings. The molecule has 1 heterocycles. The number of nitrogens with zero attached hydrogens (tertiary/aromatic N) is 3. The van der Waals surface area contributed by atoms with E-state index in [1.54, 1.807) is 52.0 Å². The van der Waals surface area contributed by atoms with Gasteiger partial charge in [-0.15, -0.1) is 0 Å². The van der Waals surface area contributed by atoms with Crippen molar-refractivity contribution in [1.82, 2.24) is 9.62 Å². The van der Waals surface area contributed by atoms with Crippen LogP contribution in [0.1, 0.15) is 65.0 Å². The Morgan fingerprint density at radius 1 is 1.02 bits per heavy atom. The molecule has 52 heavy (non-hydrogen) atoms. The number of aliphatic hydroxyl groups is 1. The molecule has 4 rings (SSSR count). The number of amides is 2. The van der Waals surface area contributed by atoms with Crippen LogP contribution in [0, 0.1) is 22.0 Å². The average molecular weight is 739 g/mol. The molecule has 1 aliphatic heterocycles. The average Bonchev–Trinajstić information content (AvgIpc) is 3.05. The number of benzene rings is 3. The zero-order chi connectivity index (χ0) is 38.5. The van der Waals surface area contributed by atoms with Crippen molar-refractivity contribution < 1.29 is 42.7 Å². The lowest BCUT2D eigenvalue weighted by atomic mass is 9.82. The van der Waals surface area contributed by atoms with Gasteiger partial charge in [0.05, 0.1) is 33.6 Å². The topological polar surface area (TPSA) is 197 Å². The van der Waals surface area contributed by atoms with Crippen molar-refractivity contribution in [2.24, 2.45) is 11.8 Å². The number of hydrogen-bond acceptors (Lipinski definition) is 9. The standard InChI is InChI=1S/C37H46N4O10S/c1-23(2)21-39(52(49,50)28-15-12-26(13-16-28)41(47)48)22-32(42)31(18-25-10-8-7-9-11-25)38-34(43)20-30-24(3)29-17-14-27(19-33(29)51-35(30)44)40(36(45)46)37(4,5)6/h7-17,19,23-24,30-32,42H,18,20-22H2,1-6H3,(H,38,43)(H,45,46)/t24?,30?,31-,32+/m0/s1. The summed E-state index contributed by atoms with van der Waals surface area (Å²) in [6.07, 6.45) is -2.71. The van der Waals surface area contributed by atoms with Gasteiger partial charge in [0.2, 0.25) is 15.9 Å². The molecule has 3 N–H and O–H groups in total. The minimum atomic E-state index is -4.21. The van der Waals surface area contributed by atoms with E-state index >= 15 is 0 Å². The summed E-state index contributed by atoms with van der Waals surface area (Å²) in [6, 6.07) is 17.4. The van der Waals surface area contributed by atoms with Crippen LogP contribution in [0.15, 0.2) is 77.7 Å². The summed E-state index contributed by atoms with van der Waals surface area (Å²) in [5, 5.41) is 35.4. The fourth-order valence-electron chi connectivity index (χ4n) is 6.30. The third-order valence-corrected chi connectivity index (χ3v) is 10.7. The summed E-state index contributed by atoms with van der Waals surface area (Å²) < 4.78 is 34.2. The Hall–Kier alpha value is -4.86. The first kappa shape index (κ1) is 39.9. The number of nitrogens with one attached hydrogen (secondary N) is 1. The number of rotatable bonds is 14. The highest BCUT2D eigenvalue weighted by atomic mass is 32.2. The Morgan fingerprint density at radius 2 is 1.65 bits per heavy atom. The molecule has 4 atom stereocenters. The number of ether oxygens (including phenoxy) is 1. The highest BCUT2D eigenvalue weighted by Gasteiger charge is 2.39. The Morgan fingerprint density at radius 3 is 2.21 bits per heavy atom. The second kappa shape index (κ2) is 16.2. The highest BCUT2D eigenvalue weighted by Crippen LogP contribution is 2.41. The van der Waals surface area contributed by atoms with Crippen LogP contribution in [0.25, 0.3) is 0 Å².